The summed E-state index contributed by atoms with van der Waals surface area (Å²) in [6, 6.07) is 9.02. The van der Waals surface area contributed by atoms with Crippen LogP contribution in [0.15, 0.2) is 24.3 Å². The predicted octanol–water partition coefficient (Wildman–Crippen LogP) is 1.88. The fourth-order valence-electron chi connectivity index (χ4n) is 3.23. The Morgan fingerprint density at radius 2 is 2.17 bits per heavy atom. The molecule has 3 nitrogen and oxygen atoms in total. The first-order valence-electron chi connectivity index (χ1n) is 6.94. The zero-order chi connectivity index (χ0) is 12.4. The second-order valence-electron chi connectivity index (χ2n) is 5.48. The van der Waals surface area contributed by atoms with Gasteiger partial charge in [-0.25, -0.2) is 0 Å². The van der Waals surface area contributed by atoms with Crippen LogP contribution in [0.4, 0.5) is 0 Å². The second-order valence-corrected chi connectivity index (χ2v) is 5.48. The highest BCUT2D eigenvalue weighted by Crippen LogP contribution is 2.27. The maximum Gasteiger partial charge on any atom is 0.119 e. The molecule has 3 aliphatic heterocycles. The molecule has 1 aromatic carbocycles. The van der Waals surface area contributed by atoms with E-state index in [-0.39, 0.29) is 0 Å². The molecular weight excluding hydrogens is 224 g/mol. The van der Waals surface area contributed by atoms with E-state index in [2.05, 4.69) is 28.4 Å². The quantitative estimate of drug-likeness (QED) is 0.878. The number of benzene rings is 1. The SMILES string of the molecule is COc1cccc(CNC2CN3CCC2CC3)c1. The van der Waals surface area contributed by atoms with Gasteiger partial charge in [-0.05, 0) is 49.5 Å². The lowest BCUT2D eigenvalue weighted by molar-refractivity contribution is 0.0720. The van der Waals surface area contributed by atoms with E-state index < -0.39 is 0 Å². The topological polar surface area (TPSA) is 24.5 Å². The van der Waals surface area contributed by atoms with Gasteiger partial charge in [0.05, 0.1) is 7.11 Å². The number of nitrogens with zero attached hydrogens (tertiary/aromatic N) is 1. The summed E-state index contributed by atoms with van der Waals surface area (Å²) in [4.78, 5) is 2.59. The Balaban J connectivity index is 1.57. The van der Waals surface area contributed by atoms with Crippen molar-refractivity contribution in [3.63, 3.8) is 0 Å². The summed E-state index contributed by atoms with van der Waals surface area (Å²) in [7, 11) is 1.72. The molecule has 3 heterocycles. The van der Waals surface area contributed by atoms with Gasteiger partial charge in [-0.2, -0.15) is 0 Å². The van der Waals surface area contributed by atoms with Crippen LogP contribution in [-0.4, -0.2) is 37.7 Å². The normalized spacial score (nSPS) is 30.4. The van der Waals surface area contributed by atoms with Crippen molar-refractivity contribution < 1.29 is 4.74 Å². The fraction of sp³-hybridized carbons (Fsp3) is 0.600. The van der Waals surface area contributed by atoms with Crippen molar-refractivity contribution in [2.24, 2.45) is 5.92 Å². The first-order chi connectivity index (χ1) is 8.85. The molecule has 2 bridgehead atoms. The zero-order valence-electron chi connectivity index (χ0n) is 11.1. The molecule has 3 aliphatic rings. The summed E-state index contributed by atoms with van der Waals surface area (Å²) in [5.74, 6) is 1.84. The average molecular weight is 246 g/mol. The number of piperidine rings is 3. The van der Waals surface area contributed by atoms with Gasteiger partial charge >= 0.3 is 0 Å². The lowest BCUT2D eigenvalue weighted by Crippen LogP contribution is -2.55. The van der Waals surface area contributed by atoms with Gasteiger partial charge in [-0.15, -0.1) is 0 Å². The van der Waals surface area contributed by atoms with Gasteiger partial charge in [0.25, 0.3) is 0 Å². The Hall–Kier alpha value is -1.06. The fourth-order valence-corrected chi connectivity index (χ4v) is 3.23. The van der Waals surface area contributed by atoms with Gasteiger partial charge in [0.15, 0.2) is 0 Å². The van der Waals surface area contributed by atoms with Crippen LogP contribution in [0.1, 0.15) is 18.4 Å². The van der Waals surface area contributed by atoms with E-state index in [4.69, 9.17) is 4.74 Å². The van der Waals surface area contributed by atoms with Crippen molar-refractivity contribution in [2.75, 3.05) is 26.7 Å². The van der Waals surface area contributed by atoms with Crippen molar-refractivity contribution in [3.8, 4) is 5.75 Å². The Bertz CT molecular complexity index is 399. The molecule has 1 atom stereocenters. The molecule has 0 aromatic heterocycles. The van der Waals surface area contributed by atoms with Crippen LogP contribution >= 0.6 is 0 Å². The number of rotatable bonds is 4. The van der Waals surface area contributed by atoms with Crippen LogP contribution in [0.2, 0.25) is 0 Å². The average Bonchev–Trinajstić information content (AvgIpc) is 2.46. The van der Waals surface area contributed by atoms with Crippen LogP contribution in [0, 0.1) is 5.92 Å². The Labute approximate surface area is 109 Å². The van der Waals surface area contributed by atoms with Crippen LogP contribution < -0.4 is 10.1 Å². The van der Waals surface area contributed by atoms with Crippen LogP contribution in [0.5, 0.6) is 5.75 Å². The van der Waals surface area contributed by atoms with Crippen molar-refractivity contribution in [1.82, 2.24) is 10.2 Å². The van der Waals surface area contributed by atoms with E-state index in [9.17, 15) is 0 Å². The first kappa shape index (κ1) is 12.0. The van der Waals surface area contributed by atoms with E-state index in [1.165, 1.54) is 38.0 Å². The minimum atomic E-state index is 0.679. The number of ether oxygens (including phenoxy) is 1. The van der Waals surface area contributed by atoms with Gasteiger partial charge in [0, 0.05) is 19.1 Å². The predicted molar refractivity (Wildman–Crippen MR) is 72.8 cm³/mol. The molecule has 3 saturated heterocycles. The van der Waals surface area contributed by atoms with E-state index in [0.29, 0.717) is 6.04 Å². The summed E-state index contributed by atoms with van der Waals surface area (Å²) in [6.45, 7) is 4.80. The molecule has 3 heteroatoms. The molecular formula is C15H22N2O. The number of hydrogen-bond donors (Lipinski definition) is 1. The van der Waals surface area contributed by atoms with Crippen molar-refractivity contribution in [1.29, 1.82) is 0 Å². The third-order valence-corrected chi connectivity index (χ3v) is 4.36. The van der Waals surface area contributed by atoms with Gasteiger partial charge in [-0.3, -0.25) is 0 Å². The Morgan fingerprint density at radius 3 is 2.83 bits per heavy atom. The monoisotopic (exact) mass is 246 g/mol. The van der Waals surface area contributed by atoms with Gasteiger partial charge in [0.1, 0.15) is 5.75 Å². The number of hydrogen-bond acceptors (Lipinski definition) is 3. The summed E-state index contributed by atoms with van der Waals surface area (Å²) in [6.07, 6.45) is 2.74. The van der Waals surface area contributed by atoms with Crippen molar-refractivity contribution >= 4 is 0 Å². The van der Waals surface area contributed by atoms with Gasteiger partial charge < -0.3 is 15.0 Å². The van der Waals surface area contributed by atoms with Crippen LogP contribution in [0.3, 0.4) is 0 Å². The molecule has 0 radical (unpaired) electrons. The highest BCUT2D eigenvalue weighted by molar-refractivity contribution is 5.28. The van der Waals surface area contributed by atoms with Crippen molar-refractivity contribution in [3.05, 3.63) is 29.8 Å². The molecule has 0 spiro atoms. The van der Waals surface area contributed by atoms with Crippen LogP contribution in [0.25, 0.3) is 0 Å². The maximum absolute atomic E-state index is 5.26. The molecule has 1 N–H and O–H groups in total. The highest BCUT2D eigenvalue weighted by Gasteiger charge is 2.33. The minimum absolute atomic E-state index is 0.679. The Kier molecular flexibility index (Phi) is 3.52. The largest absolute Gasteiger partial charge is 0.497 e. The lowest BCUT2D eigenvalue weighted by atomic mass is 9.84. The van der Waals surface area contributed by atoms with Gasteiger partial charge in [-0.1, -0.05) is 12.1 Å². The minimum Gasteiger partial charge on any atom is -0.497 e. The Morgan fingerprint density at radius 1 is 1.33 bits per heavy atom. The molecule has 1 unspecified atom stereocenters. The van der Waals surface area contributed by atoms with E-state index in [1.54, 1.807) is 7.11 Å². The maximum atomic E-state index is 5.26. The standard InChI is InChI=1S/C15H22N2O/c1-18-14-4-2-3-12(9-14)10-16-15-11-17-7-5-13(15)6-8-17/h2-4,9,13,15-16H,5-8,10-11H2,1H3. The van der Waals surface area contributed by atoms with E-state index in [1.807, 2.05) is 6.07 Å². The lowest BCUT2D eigenvalue weighted by Gasteiger charge is -2.45. The van der Waals surface area contributed by atoms with Crippen LogP contribution in [-0.2, 0) is 6.54 Å². The molecule has 0 aliphatic carbocycles. The van der Waals surface area contributed by atoms with E-state index in [0.717, 1.165) is 18.2 Å². The van der Waals surface area contributed by atoms with E-state index >= 15 is 0 Å². The smallest absolute Gasteiger partial charge is 0.119 e. The van der Waals surface area contributed by atoms with Gasteiger partial charge in [0.2, 0.25) is 0 Å². The van der Waals surface area contributed by atoms with Crippen molar-refractivity contribution in [2.45, 2.75) is 25.4 Å². The first-order valence-corrected chi connectivity index (χ1v) is 6.94. The number of nitrogens with one attached hydrogen (secondary N) is 1. The molecule has 4 rings (SSSR count). The molecule has 3 fully saturated rings. The summed E-state index contributed by atoms with van der Waals surface area (Å²) < 4.78 is 5.26. The molecule has 0 amide bonds. The third kappa shape index (κ3) is 2.52. The number of fused-ring (bicyclic) bond motifs is 3. The molecule has 0 saturated carbocycles. The summed E-state index contributed by atoms with van der Waals surface area (Å²) in [5, 5.41) is 3.72. The summed E-state index contributed by atoms with van der Waals surface area (Å²) in [5.41, 5.74) is 1.31. The molecule has 98 valence electrons. The molecule has 18 heavy (non-hydrogen) atoms. The third-order valence-electron chi connectivity index (χ3n) is 4.36. The second kappa shape index (κ2) is 5.29. The summed E-state index contributed by atoms with van der Waals surface area (Å²) >= 11 is 0. The highest BCUT2D eigenvalue weighted by atomic mass is 16.5. The zero-order valence-corrected chi connectivity index (χ0v) is 11.1. The number of methoxy groups -OCH3 is 1. The molecule has 1 aromatic rings.